The lowest BCUT2D eigenvalue weighted by molar-refractivity contribution is -0.138. The average molecular weight is 334 g/mol. The molecule has 116 valence electrons. The first-order valence-electron chi connectivity index (χ1n) is 7.32. The first kappa shape index (κ1) is 15.2. The highest BCUT2D eigenvalue weighted by Crippen LogP contribution is 2.14. The van der Waals surface area contributed by atoms with Gasteiger partial charge in [0.05, 0.1) is 12.8 Å². The van der Waals surface area contributed by atoms with Gasteiger partial charge in [0.15, 0.2) is 0 Å². The van der Waals surface area contributed by atoms with E-state index in [9.17, 15) is 9.59 Å². The molecule has 0 N–H and O–H groups in total. The van der Waals surface area contributed by atoms with Crippen LogP contribution in [0.15, 0.2) is 35.0 Å². The Kier molecular flexibility index (Phi) is 4.90. The summed E-state index contributed by atoms with van der Waals surface area (Å²) in [6.45, 7) is 2.56. The highest BCUT2D eigenvalue weighted by Gasteiger charge is 2.24. The Labute approximate surface area is 138 Å². The summed E-state index contributed by atoms with van der Waals surface area (Å²) in [7, 11) is 0. The van der Waals surface area contributed by atoms with Crippen LogP contribution in [0.4, 0.5) is 0 Å². The van der Waals surface area contributed by atoms with Gasteiger partial charge >= 0.3 is 0 Å². The standard InChI is InChI=1S/C16H18N2O2S2/c19-15(11-13-3-1-9-21-13)17-5-7-18(8-6-17)16(20)12-14-4-2-10-22-14/h1-4,9-10H,5-8,11-12H2. The second kappa shape index (κ2) is 7.07. The molecular formula is C16H18N2O2S2. The van der Waals surface area contributed by atoms with E-state index in [-0.39, 0.29) is 11.8 Å². The van der Waals surface area contributed by atoms with Gasteiger partial charge in [-0.3, -0.25) is 9.59 Å². The van der Waals surface area contributed by atoms with Gasteiger partial charge in [-0.2, -0.15) is 0 Å². The molecule has 2 aromatic rings. The molecule has 6 heteroatoms. The molecule has 3 heterocycles. The van der Waals surface area contributed by atoms with Crippen LogP contribution >= 0.6 is 22.7 Å². The summed E-state index contributed by atoms with van der Waals surface area (Å²) in [5, 5.41) is 3.98. The Bertz CT molecular complexity index is 558. The van der Waals surface area contributed by atoms with Gasteiger partial charge < -0.3 is 9.80 Å². The Hall–Kier alpha value is -1.66. The lowest BCUT2D eigenvalue weighted by Crippen LogP contribution is -2.51. The van der Waals surface area contributed by atoms with Crippen molar-refractivity contribution in [1.29, 1.82) is 0 Å². The molecule has 1 saturated heterocycles. The van der Waals surface area contributed by atoms with Crippen LogP contribution in [0.1, 0.15) is 9.75 Å². The number of thiophene rings is 2. The van der Waals surface area contributed by atoms with Crippen molar-refractivity contribution in [3.05, 3.63) is 44.8 Å². The van der Waals surface area contributed by atoms with Gasteiger partial charge in [-0.25, -0.2) is 0 Å². The lowest BCUT2D eigenvalue weighted by atomic mass is 10.2. The van der Waals surface area contributed by atoms with E-state index in [1.165, 1.54) is 0 Å². The molecule has 0 aliphatic carbocycles. The Morgan fingerprint density at radius 1 is 0.818 bits per heavy atom. The maximum atomic E-state index is 12.2. The second-order valence-corrected chi connectivity index (χ2v) is 7.34. The number of rotatable bonds is 4. The maximum Gasteiger partial charge on any atom is 0.227 e. The molecule has 0 aromatic carbocycles. The van der Waals surface area contributed by atoms with E-state index in [1.54, 1.807) is 22.7 Å². The minimum atomic E-state index is 0.160. The van der Waals surface area contributed by atoms with E-state index in [2.05, 4.69) is 0 Å². The first-order chi connectivity index (χ1) is 10.7. The lowest BCUT2D eigenvalue weighted by Gasteiger charge is -2.34. The fourth-order valence-corrected chi connectivity index (χ4v) is 3.95. The third kappa shape index (κ3) is 3.75. The van der Waals surface area contributed by atoms with Gasteiger partial charge in [0.2, 0.25) is 11.8 Å². The van der Waals surface area contributed by atoms with E-state index in [0.717, 1.165) is 9.75 Å². The molecule has 0 atom stereocenters. The summed E-state index contributed by atoms with van der Waals surface area (Å²) in [6.07, 6.45) is 0.946. The smallest absolute Gasteiger partial charge is 0.227 e. The zero-order chi connectivity index (χ0) is 15.4. The average Bonchev–Trinajstić information content (AvgIpc) is 3.21. The minimum Gasteiger partial charge on any atom is -0.339 e. The third-order valence-electron chi connectivity index (χ3n) is 3.80. The summed E-state index contributed by atoms with van der Waals surface area (Å²) in [5.74, 6) is 0.320. The van der Waals surface area contributed by atoms with Crippen LogP contribution in [0.3, 0.4) is 0 Å². The van der Waals surface area contributed by atoms with Gasteiger partial charge in [-0.15, -0.1) is 22.7 Å². The maximum absolute atomic E-state index is 12.2. The van der Waals surface area contributed by atoms with Gasteiger partial charge in [-0.1, -0.05) is 12.1 Å². The zero-order valence-electron chi connectivity index (χ0n) is 12.2. The highest BCUT2D eigenvalue weighted by atomic mass is 32.1. The highest BCUT2D eigenvalue weighted by molar-refractivity contribution is 7.10. The Morgan fingerprint density at radius 3 is 1.55 bits per heavy atom. The number of carbonyl (C=O) groups excluding carboxylic acids is 2. The molecule has 22 heavy (non-hydrogen) atoms. The molecule has 0 unspecified atom stereocenters. The van der Waals surface area contributed by atoms with Crippen LogP contribution in [0.25, 0.3) is 0 Å². The Morgan fingerprint density at radius 2 is 1.23 bits per heavy atom. The molecule has 0 bridgehead atoms. The van der Waals surface area contributed by atoms with Crippen molar-refractivity contribution in [1.82, 2.24) is 9.80 Å². The summed E-state index contributed by atoms with van der Waals surface area (Å²) < 4.78 is 0. The number of carbonyl (C=O) groups is 2. The van der Waals surface area contributed by atoms with E-state index in [1.807, 2.05) is 44.8 Å². The minimum absolute atomic E-state index is 0.160. The van der Waals surface area contributed by atoms with Crippen LogP contribution in [0.5, 0.6) is 0 Å². The quantitative estimate of drug-likeness (QED) is 0.860. The fourth-order valence-electron chi connectivity index (χ4n) is 2.55. The molecule has 3 rings (SSSR count). The second-order valence-electron chi connectivity index (χ2n) is 5.27. The number of hydrogen-bond acceptors (Lipinski definition) is 4. The largest absolute Gasteiger partial charge is 0.339 e. The SMILES string of the molecule is O=C(Cc1cccs1)N1CCN(C(=O)Cc2cccs2)CC1. The molecule has 0 spiro atoms. The topological polar surface area (TPSA) is 40.6 Å². The molecule has 1 aliphatic rings. The number of nitrogens with zero attached hydrogens (tertiary/aromatic N) is 2. The molecule has 1 aliphatic heterocycles. The van der Waals surface area contributed by atoms with Gasteiger partial charge in [0, 0.05) is 35.9 Å². The van der Waals surface area contributed by atoms with Crippen molar-refractivity contribution in [2.45, 2.75) is 12.8 Å². The molecular weight excluding hydrogens is 316 g/mol. The summed E-state index contributed by atoms with van der Waals surface area (Å²) in [6, 6.07) is 7.91. The van der Waals surface area contributed by atoms with Crippen molar-refractivity contribution < 1.29 is 9.59 Å². The zero-order valence-corrected chi connectivity index (χ0v) is 13.9. The van der Waals surface area contributed by atoms with Crippen LogP contribution in [0, 0.1) is 0 Å². The summed E-state index contributed by atoms with van der Waals surface area (Å²) in [4.78, 5) is 30.4. The van der Waals surface area contributed by atoms with Crippen molar-refractivity contribution in [3.63, 3.8) is 0 Å². The number of piperazine rings is 1. The van der Waals surface area contributed by atoms with Crippen molar-refractivity contribution in [2.75, 3.05) is 26.2 Å². The molecule has 2 amide bonds. The van der Waals surface area contributed by atoms with E-state index in [0.29, 0.717) is 39.0 Å². The van der Waals surface area contributed by atoms with Crippen LogP contribution in [0.2, 0.25) is 0 Å². The molecule has 1 fully saturated rings. The van der Waals surface area contributed by atoms with Crippen molar-refractivity contribution in [3.8, 4) is 0 Å². The van der Waals surface area contributed by atoms with Crippen LogP contribution in [-0.4, -0.2) is 47.8 Å². The fraction of sp³-hybridized carbons (Fsp3) is 0.375. The molecule has 4 nitrogen and oxygen atoms in total. The predicted molar refractivity (Wildman–Crippen MR) is 89.2 cm³/mol. The van der Waals surface area contributed by atoms with Gasteiger partial charge in [0.1, 0.15) is 0 Å². The summed E-state index contributed by atoms with van der Waals surface area (Å²) >= 11 is 3.22. The normalized spacial score (nSPS) is 15.1. The van der Waals surface area contributed by atoms with Crippen molar-refractivity contribution in [2.24, 2.45) is 0 Å². The van der Waals surface area contributed by atoms with E-state index >= 15 is 0 Å². The predicted octanol–water partition coefficient (Wildman–Crippen LogP) is 2.27. The number of amides is 2. The molecule has 2 aromatic heterocycles. The van der Waals surface area contributed by atoms with Crippen LogP contribution in [-0.2, 0) is 22.4 Å². The van der Waals surface area contributed by atoms with E-state index < -0.39 is 0 Å². The first-order valence-corrected chi connectivity index (χ1v) is 9.08. The molecule has 0 radical (unpaired) electrons. The third-order valence-corrected chi connectivity index (χ3v) is 5.55. The van der Waals surface area contributed by atoms with Gasteiger partial charge in [-0.05, 0) is 22.9 Å². The summed E-state index contributed by atoms with van der Waals surface area (Å²) in [5.41, 5.74) is 0. The van der Waals surface area contributed by atoms with Gasteiger partial charge in [0.25, 0.3) is 0 Å². The Balaban J connectivity index is 1.47. The van der Waals surface area contributed by atoms with Crippen molar-refractivity contribution >= 4 is 34.5 Å². The van der Waals surface area contributed by atoms with E-state index in [4.69, 9.17) is 0 Å². The number of hydrogen-bond donors (Lipinski definition) is 0. The van der Waals surface area contributed by atoms with Crippen LogP contribution < -0.4 is 0 Å². The molecule has 0 saturated carbocycles. The monoisotopic (exact) mass is 334 g/mol.